The van der Waals surface area contributed by atoms with Gasteiger partial charge in [-0.1, -0.05) is 19.1 Å². The minimum Gasteiger partial charge on any atom is -0.480 e. The summed E-state index contributed by atoms with van der Waals surface area (Å²) in [5, 5.41) is 12.1. The van der Waals surface area contributed by atoms with Gasteiger partial charge < -0.3 is 10.4 Å². The van der Waals surface area contributed by atoms with E-state index in [0.717, 1.165) is 5.56 Å². The van der Waals surface area contributed by atoms with Crippen molar-refractivity contribution in [3.8, 4) is 0 Å². The van der Waals surface area contributed by atoms with Crippen molar-refractivity contribution in [2.45, 2.75) is 32.2 Å². The fraction of sp³-hybridized carbons (Fsp3) is 0.462. The Balaban J connectivity index is 2.47. The van der Waals surface area contributed by atoms with Crippen LogP contribution in [-0.2, 0) is 11.2 Å². The fourth-order valence-electron chi connectivity index (χ4n) is 1.49. The van der Waals surface area contributed by atoms with Gasteiger partial charge in [0, 0.05) is 6.54 Å². The van der Waals surface area contributed by atoms with E-state index in [1.165, 1.54) is 12.1 Å². The lowest BCUT2D eigenvalue weighted by Crippen LogP contribution is -2.49. The van der Waals surface area contributed by atoms with Gasteiger partial charge in [-0.3, -0.25) is 4.79 Å². The quantitative estimate of drug-likeness (QED) is 0.800. The third kappa shape index (κ3) is 3.82. The van der Waals surface area contributed by atoms with E-state index in [1.807, 2.05) is 6.92 Å². The highest BCUT2D eigenvalue weighted by Gasteiger charge is 2.29. The third-order valence-corrected chi connectivity index (χ3v) is 3.02. The Bertz CT molecular complexity index is 378. The first-order chi connectivity index (χ1) is 7.98. The molecule has 4 heteroatoms. The number of aliphatic carboxylic acids is 1. The Labute approximate surface area is 101 Å². The molecule has 1 rings (SSSR count). The monoisotopic (exact) mass is 239 g/mol. The molecular weight excluding hydrogens is 221 g/mol. The lowest BCUT2D eigenvalue weighted by atomic mass is 9.99. The maximum Gasteiger partial charge on any atom is 0.323 e. The molecule has 1 aromatic carbocycles. The Morgan fingerprint density at radius 3 is 2.47 bits per heavy atom. The van der Waals surface area contributed by atoms with E-state index < -0.39 is 11.5 Å². The zero-order chi connectivity index (χ0) is 12.9. The number of hydrogen-bond acceptors (Lipinski definition) is 2. The summed E-state index contributed by atoms with van der Waals surface area (Å²) in [5.41, 5.74) is 0.0998. The molecule has 0 bridgehead atoms. The lowest BCUT2D eigenvalue weighted by molar-refractivity contribution is -0.144. The van der Waals surface area contributed by atoms with Crippen LogP contribution in [0.1, 0.15) is 25.8 Å². The Hall–Kier alpha value is -1.42. The maximum absolute atomic E-state index is 12.7. The van der Waals surface area contributed by atoms with Crippen LogP contribution in [0.2, 0.25) is 0 Å². The highest BCUT2D eigenvalue weighted by Crippen LogP contribution is 2.09. The second-order valence-corrected chi connectivity index (χ2v) is 4.29. The predicted molar refractivity (Wildman–Crippen MR) is 64.4 cm³/mol. The van der Waals surface area contributed by atoms with Crippen LogP contribution in [0.3, 0.4) is 0 Å². The first-order valence-corrected chi connectivity index (χ1v) is 5.71. The molecule has 0 aromatic heterocycles. The molecule has 0 heterocycles. The van der Waals surface area contributed by atoms with Crippen molar-refractivity contribution in [3.63, 3.8) is 0 Å². The van der Waals surface area contributed by atoms with E-state index in [-0.39, 0.29) is 5.82 Å². The van der Waals surface area contributed by atoms with Crippen LogP contribution >= 0.6 is 0 Å². The average Bonchev–Trinajstić information content (AvgIpc) is 2.31. The summed E-state index contributed by atoms with van der Waals surface area (Å²) in [6, 6.07) is 6.24. The molecule has 1 atom stereocenters. The maximum atomic E-state index is 12.7. The van der Waals surface area contributed by atoms with Crippen molar-refractivity contribution < 1.29 is 14.3 Å². The SMILES string of the molecule is CCC(C)(NCCc1ccc(F)cc1)C(=O)O. The summed E-state index contributed by atoms with van der Waals surface area (Å²) >= 11 is 0. The largest absolute Gasteiger partial charge is 0.480 e. The number of carboxylic acids is 1. The summed E-state index contributed by atoms with van der Waals surface area (Å²) in [4.78, 5) is 11.0. The molecule has 0 radical (unpaired) electrons. The highest BCUT2D eigenvalue weighted by molar-refractivity contribution is 5.78. The highest BCUT2D eigenvalue weighted by atomic mass is 19.1. The van der Waals surface area contributed by atoms with Crippen LogP contribution in [0.5, 0.6) is 0 Å². The molecule has 17 heavy (non-hydrogen) atoms. The van der Waals surface area contributed by atoms with Gasteiger partial charge in [-0.15, -0.1) is 0 Å². The van der Waals surface area contributed by atoms with Gasteiger partial charge in [0.15, 0.2) is 0 Å². The Kier molecular flexibility index (Phi) is 4.63. The topological polar surface area (TPSA) is 49.3 Å². The Morgan fingerprint density at radius 2 is 2.00 bits per heavy atom. The molecule has 0 saturated carbocycles. The molecule has 2 N–H and O–H groups in total. The summed E-state index contributed by atoms with van der Waals surface area (Å²) in [6.07, 6.45) is 1.20. The molecule has 0 aliphatic heterocycles. The molecule has 3 nitrogen and oxygen atoms in total. The molecular formula is C13H18FNO2. The standard InChI is InChI=1S/C13H18FNO2/c1-3-13(2,12(16)17)15-9-8-10-4-6-11(14)7-5-10/h4-7,15H,3,8-9H2,1-2H3,(H,16,17). The number of benzene rings is 1. The van der Waals surface area contributed by atoms with Gasteiger partial charge in [0.1, 0.15) is 11.4 Å². The minimum atomic E-state index is -0.889. The van der Waals surface area contributed by atoms with Gasteiger partial charge >= 0.3 is 5.97 Å². The summed E-state index contributed by atoms with van der Waals surface area (Å²) in [6.45, 7) is 4.06. The number of halogens is 1. The summed E-state index contributed by atoms with van der Waals surface area (Å²) < 4.78 is 12.7. The molecule has 0 saturated heterocycles. The average molecular weight is 239 g/mol. The van der Waals surface area contributed by atoms with E-state index >= 15 is 0 Å². The van der Waals surface area contributed by atoms with E-state index in [0.29, 0.717) is 19.4 Å². The van der Waals surface area contributed by atoms with E-state index in [2.05, 4.69) is 5.32 Å². The van der Waals surface area contributed by atoms with E-state index in [1.54, 1.807) is 19.1 Å². The molecule has 0 fully saturated rings. The number of nitrogens with one attached hydrogen (secondary N) is 1. The van der Waals surface area contributed by atoms with Crippen molar-refractivity contribution in [3.05, 3.63) is 35.6 Å². The minimum absolute atomic E-state index is 0.259. The van der Waals surface area contributed by atoms with Gasteiger partial charge in [-0.05, 0) is 37.5 Å². The van der Waals surface area contributed by atoms with Crippen molar-refractivity contribution in [1.82, 2.24) is 5.32 Å². The van der Waals surface area contributed by atoms with Crippen LogP contribution < -0.4 is 5.32 Å². The predicted octanol–water partition coefficient (Wildman–Crippen LogP) is 2.21. The second kappa shape index (κ2) is 5.77. The number of rotatable bonds is 6. The van der Waals surface area contributed by atoms with Gasteiger partial charge in [0.05, 0.1) is 0 Å². The van der Waals surface area contributed by atoms with E-state index in [9.17, 15) is 9.18 Å². The van der Waals surface area contributed by atoms with Crippen molar-refractivity contribution in [2.24, 2.45) is 0 Å². The lowest BCUT2D eigenvalue weighted by Gasteiger charge is -2.24. The van der Waals surface area contributed by atoms with Crippen LogP contribution in [0.4, 0.5) is 4.39 Å². The number of carbonyl (C=O) groups is 1. The number of carboxylic acid groups (broad SMARTS) is 1. The van der Waals surface area contributed by atoms with Crippen molar-refractivity contribution in [2.75, 3.05) is 6.54 Å². The van der Waals surface area contributed by atoms with Gasteiger partial charge in [0.25, 0.3) is 0 Å². The third-order valence-electron chi connectivity index (χ3n) is 3.02. The molecule has 1 aromatic rings. The van der Waals surface area contributed by atoms with Crippen LogP contribution in [-0.4, -0.2) is 23.2 Å². The van der Waals surface area contributed by atoms with E-state index in [4.69, 9.17) is 5.11 Å². The zero-order valence-corrected chi connectivity index (χ0v) is 10.2. The van der Waals surface area contributed by atoms with Gasteiger partial charge in [0.2, 0.25) is 0 Å². The number of hydrogen-bond donors (Lipinski definition) is 2. The molecule has 0 spiro atoms. The van der Waals surface area contributed by atoms with Gasteiger partial charge in [-0.25, -0.2) is 4.39 Å². The summed E-state index contributed by atoms with van der Waals surface area (Å²) in [7, 11) is 0. The van der Waals surface area contributed by atoms with Crippen molar-refractivity contribution >= 4 is 5.97 Å². The molecule has 0 aliphatic carbocycles. The van der Waals surface area contributed by atoms with Crippen LogP contribution in [0.25, 0.3) is 0 Å². The second-order valence-electron chi connectivity index (χ2n) is 4.29. The first-order valence-electron chi connectivity index (χ1n) is 5.71. The fourth-order valence-corrected chi connectivity index (χ4v) is 1.49. The van der Waals surface area contributed by atoms with Crippen LogP contribution in [0, 0.1) is 5.82 Å². The Morgan fingerprint density at radius 1 is 1.41 bits per heavy atom. The smallest absolute Gasteiger partial charge is 0.323 e. The molecule has 0 amide bonds. The zero-order valence-electron chi connectivity index (χ0n) is 10.2. The van der Waals surface area contributed by atoms with Crippen molar-refractivity contribution in [1.29, 1.82) is 0 Å². The van der Waals surface area contributed by atoms with Crippen LogP contribution in [0.15, 0.2) is 24.3 Å². The first kappa shape index (κ1) is 13.6. The molecule has 94 valence electrons. The molecule has 1 unspecified atom stereocenters. The normalized spacial score (nSPS) is 14.3. The molecule has 0 aliphatic rings. The van der Waals surface area contributed by atoms with Gasteiger partial charge in [-0.2, -0.15) is 0 Å². The summed E-state index contributed by atoms with van der Waals surface area (Å²) in [5.74, 6) is -1.11.